The predicted molar refractivity (Wildman–Crippen MR) is 86.1 cm³/mol. The Balaban J connectivity index is 0.00000176. The number of amides is 1. The molecule has 6 nitrogen and oxygen atoms in total. The molecule has 1 amide bonds. The average Bonchev–Trinajstić information content (AvgIpc) is 3.06. The minimum Gasteiger partial charge on any atom is -0.377 e. The number of hydrogen-bond acceptors (Lipinski definition) is 4. The number of morpholine rings is 1. The molecule has 3 rings (SSSR count). The lowest BCUT2D eigenvalue weighted by molar-refractivity contribution is -0.148. The summed E-state index contributed by atoms with van der Waals surface area (Å²) in [6, 6.07) is 0.299. The Morgan fingerprint density at radius 1 is 1.32 bits per heavy atom. The summed E-state index contributed by atoms with van der Waals surface area (Å²) in [4.78, 5) is 15.0. The van der Waals surface area contributed by atoms with Gasteiger partial charge in [-0.3, -0.25) is 9.48 Å². The van der Waals surface area contributed by atoms with E-state index in [2.05, 4.69) is 24.3 Å². The molecule has 2 saturated heterocycles. The molecule has 3 heterocycles. The molecule has 2 fully saturated rings. The third-order valence-electron chi connectivity index (χ3n) is 4.61. The molecule has 2 aliphatic heterocycles. The summed E-state index contributed by atoms with van der Waals surface area (Å²) in [6.07, 6.45) is 3.90. The van der Waals surface area contributed by atoms with Crippen LogP contribution in [0.5, 0.6) is 0 Å². The van der Waals surface area contributed by atoms with Gasteiger partial charge in [0.2, 0.25) is 5.91 Å². The highest BCUT2D eigenvalue weighted by Crippen LogP contribution is 2.31. The lowest BCUT2D eigenvalue weighted by Gasteiger charge is -2.40. The van der Waals surface area contributed by atoms with E-state index in [1.54, 1.807) is 4.68 Å². The number of rotatable bonds is 2. The average molecular weight is 329 g/mol. The molecule has 124 valence electrons. The Bertz CT molecular complexity index is 511. The van der Waals surface area contributed by atoms with Gasteiger partial charge in [0, 0.05) is 32.3 Å². The maximum atomic E-state index is 13.0. The van der Waals surface area contributed by atoms with Crippen molar-refractivity contribution < 1.29 is 9.53 Å². The van der Waals surface area contributed by atoms with Crippen LogP contribution in [0.25, 0.3) is 0 Å². The molecule has 0 radical (unpaired) electrons. The second-order valence-corrected chi connectivity index (χ2v) is 6.30. The van der Waals surface area contributed by atoms with Crippen LogP contribution in [0.15, 0.2) is 12.4 Å². The third-order valence-corrected chi connectivity index (χ3v) is 4.61. The van der Waals surface area contributed by atoms with Crippen LogP contribution in [0.2, 0.25) is 0 Å². The molecule has 0 aromatic carbocycles. The summed E-state index contributed by atoms with van der Waals surface area (Å²) in [5.41, 5.74) is 1.15. The Hall–Kier alpha value is -1.11. The Morgan fingerprint density at radius 2 is 2.00 bits per heavy atom. The number of carbonyl (C=O) groups is 1. The largest absolute Gasteiger partial charge is 0.377 e. The fourth-order valence-corrected chi connectivity index (χ4v) is 3.55. The van der Waals surface area contributed by atoms with Crippen LogP contribution in [-0.2, 0) is 16.6 Å². The van der Waals surface area contributed by atoms with Crippen LogP contribution in [0.1, 0.15) is 25.3 Å². The SMILES string of the molecule is CC1COCC(C)N1C(=O)[C@H]1CNC[C@@H]1c1cnn(C)c1.Cl. The Kier molecular flexibility index (Phi) is 5.47. The smallest absolute Gasteiger partial charge is 0.228 e. The zero-order chi connectivity index (χ0) is 15.0. The molecule has 1 N–H and O–H groups in total. The minimum atomic E-state index is -0.00259. The van der Waals surface area contributed by atoms with E-state index in [1.165, 1.54) is 0 Å². The van der Waals surface area contributed by atoms with Crippen LogP contribution in [-0.4, -0.2) is 59.0 Å². The van der Waals surface area contributed by atoms with Gasteiger partial charge >= 0.3 is 0 Å². The summed E-state index contributed by atoms with van der Waals surface area (Å²) in [7, 11) is 1.91. The lowest BCUT2D eigenvalue weighted by atomic mass is 9.89. The van der Waals surface area contributed by atoms with Crippen molar-refractivity contribution in [3.8, 4) is 0 Å². The Morgan fingerprint density at radius 3 is 2.59 bits per heavy atom. The minimum absolute atomic E-state index is 0. The van der Waals surface area contributed by atoms with Gasteiger partial charge in [0.05, 0.1) is 37.4 Å². The van der Waals surface area contributed by atoms with Crippen molar-refractivity contribution >= 4 is 18.3 Å². The molecule has 1 aromatic rings. The standard InChI is InChI=1S/C15H24N4O2.ClH/c1-10-8-21-9-11(2)19(10)15(20)14-6-16-5-13(14)12-4-17-18(3)7-12;/h4,7,10-11,13-14,16H,5-6,8-9H2,1-3H3;1H/t10?,11?,13-,14+;/m1./s1. The van der Waals surface area contributed by atoms with E-state index in [9.17, 15) is 4.79 Å². The number of carbonyl (C=O) groups excluding carboxylic acids is 1. The first-order valence-corrected chi connectivity index (χ1v) is 7.67. The van der Waals surface area contributed by atoms with E-state index in [1.807, 2.05) is 24.3 Å². The molecule has 0 spiro atoms. The van der Waals surface area contributed by atoms with Crippen molar-refractivity contribution in [3.63, 3.8) is 0 Å². The fourth-order valence-electron chi connectivity index (χ4n) is 3.55. The molecule has 0 bridgehead atoms. The normalized spacial score (nSPS) is 31.9. The molecule has 0 aliphatic carbocycles. The number of nitrogens with zero attached hydrogens (tertiary/aromatic N) is 3. The summed E-state index contributed by atoms with van der Waals surface area (Å²) in [6.45, 7) is 6.98. The number of aryl methyl sites for hydroxylation is 1. The van der Waals surface area contributed by atoms with E-state index in [0.717, 1.165) is 18.7 Å². The third kappa shape index (κ3) is 3.14. The van der Waals surface area contributed by atoms with Crippen molar-refractivity contribution in [1.29, 1.82) is 0 Å². The molecule has 7 heteroatoms. The second-order valence-electron chi connectivity index (χ2n) is 6.30. The molecule has 2 unspecified atom stereocenters. The summed E-state index contributed by atoms with van der Waals surface area (Å²) < 4.78 is 7.33. The van der Waals surface area contributed by atoms with E-state index < -0.39 is 0 Å². The molecule has 2 aliphatic rings. The van der Waals surface area contributed by atoms with Gasteiger partial charge in [-0.25, -0.2) is 0 Å². The number of halogens is 1. The first kappa shape index (κ1) is 17.2. The van der Waals surface area contributed by atoms with Crippen molar-refractivity contribution in [1.82, 2.24) is 20.0 Å². The van der Waals surface area contributed by atoms with Crippen LogP contribution in [0.4, 0.5) is 0 Å². The topological polar surface area (TPSA) is 59.4 Å². The van der Waals surface area contributed by atoms with E-state index in [-0.39, 0.29) is 42.2 Å². The maximum Gasteiger partial charge on any atom is 0.228 e. The fraction of sp³-hybridized carbons (Fsp3) is 0.733. The molecule has 1 aromatic heterocycles. The highest BCUT2D eigenvalue weighted by molar-refractivity contribution is 5.85. The van der Waals surface area contributed by atoms with Gasteiger partial charge < -0.3 is 15.0 Å². The van der Waals surface area contributed by atoms with Gasteiger partial charge in [-0.1, -0.05) is 0 Å². The first-order valence-electron chi connectivity index (χ1n) is 7.67. The van der Waals surface area contributed by atoms with Gasteiger partial charge in [0.1, 0.15) is 0 Å². The summed E-state index contributed by atoms with van der Waals surface area (Å²) >= 11 is 0. The van der Waals surface area contributed by atoms with Gasteiger partial charge in [-0.05, 0) is 19.4 Å². The van der Waals surface area contributed by atoms with Crippen LogP contribution in [0.3, 0.4) is 0 Å². The molecular formula is C15H25ClN4O2. The maximum absolute atomic E-state index is 13.0. The van der Waals surface area contributed by atoms with Gasteiger partial charge in [0.25, 0.3) is 0 Å². The van der Waals surface area contributed by atoms with Crippen molar-refractivity contribution in [2.75, 3.05) is 26.3 Å². The molecular weight excluding hydrogens is 304 g/mol. The first-order chi connectivity index (χ1) is 10.1. The van der Waals surface area contributed by atoms with E-state index in [0.29, 0.717) is 13.2 Å². The quantitative estimate of drug-likeness (QED) is 0.871. The number of hydrogen-bond donors (Lipinski definition) is 1. The van der Waals surface area contributed by atoms with Crippen molar-refractivity contribution in [3.05, 3.63) is 18.0 Å². The molecule has 22 heavy (non-hydrogen) atoms. The Labute approximate surface area is 137 Å². The van der Waals surface area contributed by atoms with Crippen LogP contribution < -0.4 is 5.32 Å². The summed E-state index contributed by atoms with van der Waals surface area (Å²) in [5.74, 6) is 0.461. The van der Waals surface area contributed by atoms with Crippen LogP contribution >= 0.6 is 12.4 Å². The lowest BCUT2D eigenvalue weighted by Crippen LogP contribution is -2.55. The van der Waals surface area contributed by atoms with E-state index >= 15 is 0 Å². The van der Waals surface area contributed by atoms with Gasteiger partial charge in [-0.2, -0.15) is 5.10 Å². The summed E-state index contributed by atoms with van der Waals surface area (Å²) in [5, 5.41) is 7.61. The number of nitrogens with one attached hydrogen (secondary N) is 1. The second kappa shape index (κ2) is 6.98. The molecule has 0 saturated carbocycles. The van der Waals surface area contributed by atoms with E-state index in [4.69, 9.17) is 4.74 Å². The van der Waals surface area contributed by atoms with Crippen molar-refractivity contribution in [2.24, 2.45) is 13.0 Å². The highest BCUT2D eigenvalue weighted by atomic mass is 35.5. The number of aromatic nitrogens is 2. The van der Waals surface area contributed by atoms with Crippen LogP contribution in [0, 0.1) is 5.92 Å². The predicted octanol–water partition coefficient (Wildman–Crippen LogP) is 0.781. The van der Waals surface area contributed by atoms with Gasteiger partial charge in [-0.15, -0.1) is 12.4 Å². The molecule has 4 atom stereocenters. The number of ether oxygens (including phenoxy) is 1. The monoisotopic (exact) mass is 328 g/mol. The van der Waals surface area contributed by atoms with Gasteiger partial charge in [0.15, 0.2) is 0 Å². The zero-order valence-corrected chi connectivity index (χ0v) is 14.2. The highest BCUT2D eigenvalue weighted by Gasteiger charge is 2.40. The zero-order valence-electron chi connectivity index (χ0n) is 13.4. The van der Waals surface area contributed by atoms with Crippen molar-refractivity contribution in [2.45, 2.75) is 31.8 Å².